The van der Waals surface area contributed by atoms with Crippen LogP contribution in [-0.2, 0) is 11.2 Å². The third-order valence-corrected chi connectivity index (χ3v) is 6.97. The second-order valence-corrected chi connectivity index (χ2v) is 9.17. The van der Waals surface area contributed by atoms with E-state index in [-0.39, 0.29) is 5.91 Å². The van der Waals surface area contributed by atoms with Gasteiger partial charge in [-0.3, -0.25) is 9.36 Å². The molecule has 0 aliphatic heterocycles. The zero-order chi connectivity index (χ0) is 20.8. The number of carbonyl (C=O) groups excluding carboxylic acids is 1. The largest absolute Gasteiger partial charge is 0.316 e. The van der Waals surface area contributed by atoms with E-state index in [2.05, 4.69) is 50.5 Å². The molecule has 1 aromatic carbocycles. The quantitative estimate of drug-likeness (QED) is 0.447. The zero-order valence-corrected chi connectivity index (χ0v) is 18.8. The third-order valence-electron chi connectivity index (χ3n) is 5.18. The molecule has 2 heterocycles. The Labute approximate surface area is 185 Å². The van der Waals surface area contributed by atoms with Crippen molar-refractivity contribution < 1.29 is 4.79 Å². The Balaban J connectivity index is 1.54. The number of carbonyl (C=O) groups is 1. The summed E-state index contributed by atoms with van der Waals surface area (Å²) in [7, 11) is 0. The number of amides is 1. The van der Waals surface area contributed by atoms with Gasteiger partial charge in [0.2, 0.25) is 5.91 Å². The average molecular weight is 439 g/mol. The number of thioether (sulfide) groups is 1. The number of hydrogen-bond donors (Lipinski definition) is 0. The summed E-state index contributed by atoms with van der Waals surface area (Å²) in [5.74, 6) is 1.38. The van der Waals surface area contributed by atoms with Crippen LogP contribution in [0.3, 0.4) is 0 Å². The smallest absolute Gasteiger partial charge is 0.237 e. The zero-order valence-electron chi connectivity index (χ0n) is 17.2. The van der Waals surface area contributed by atoms with Gasteiger partial charge in [-0.25, -0.2) is 0 Å². The normalized spacial score (nSPS) is 13.8. The first-order chi connectivity index (χ1) is 14.8. The SMILES string of the molecule is CCN(C(=O)CSc1nnc(Cc2cccs2)n1-c1ccccc1)C1=CCCCC1. The summed E-state index contributed by atoms with van der Waals surface area (Å²) >= 11 is 3.18. The van der Waals surface area contributed by atoms with Gasteiger partial charge in [0.15, 0.2) is 5.16 Å². The van der Waals surface area contributed by atoms with Gasteiger partial charge in [-0.1, -0.05) is 42.1 Å². The van der Waals surface area contributed by atoms with Gasteiger partial charge >= 0.3 is 0 Å². The molecule has 7 heteroatoms. The van der Waals surface area contributed by atoms with Gasteiger partial charge in [0.05, 0.1) is 5.75 Å². The summed E-state index contributed by atoms with van der Waals surface area (Å²) in [6, 6.07) is 14.3. The van der Waals surface area contributed by atoms with Crippen molar-refractivity contribution in [2.45, 2.75) is 44.2 Å². The second-order valence-electron chi connectivity index (χ2n) is 7.19. The number of hydrogen-bond acceptors (Lipinski definition) is 5. The number of nitrogens with zero attached hydrogens (tertiary/aromatic N) is 4. The molecule has 0 radical (unpaired) electrons. The number of aromatic nitrogens is 3. The van der Waals surface area contributed by atoms with E-state index in [4.69, 9.17) is 0 Å². The molecular weight excluding hydrogens is 412 g/mol. The predicted octanol–water partition coefficient (Wildman–Crippen LogP) is 5.32. The van der Waals surface area contributed by atoms with Crippen molar-refractivity contribution in [3.63, 3.8) is 0 Å². The van der Waals surface area contributed by atoms with E-state index in [1.54, 1.807) is 11.3 Å². The Morgan fingerprint density at radius 2 is 2.03 bits per heavy atom. The van der Waals surface area contributed by atoms with E-state index >= 15 is 0 Å². The molecule has 1 aliphatic rings. The van der Waals surface area contributed by atoms with Gasteiger partial charge in [0.1, 0.15) is 5.82 Å². The van der Waals surface area contributed by atoms with Crippen LogP contribution in [0.15, 0.2) is 64.8 Å². The first-order valence-electron chi connectivity index (χ1n) is 10.4. The average Bonchev–Trinajstić information content (AvgIpc) is 3.44. The number of rotatable bonds is 8. The van der Waals surface area contributed by atoms with Gasteiger partial charge in [-0.2, -0.15) is 0 Å². The maximum atomic E-state index is 13.0. The summed E-state index contributed by atoms with van der Waals surface area (Å²) in [5.41, 5.74) is 2.20. The van der Waals surface area contributed by atoms with Gasteiger partial charge in [-0.15, -0.1) is 21.5 Å². The maximum absolute atomic E-state index is 13.0. The standard InChI is InChI=1S/C23H26N4OS2/c1-2-26(18-10-5-3-6-11-18)22(28)17-30-23-25-24-21(16-20-14-9-15-29-20)27(23)19-12-7-4-8-13-19/h4,7-10,12-15H,2-3,5-6,11,16-17H2,1H3. The fraction of sp³-hybridized carbons (Fsp3) is 0.348. The number of benzene rings is 1. The summed E-state index contributed by atoms with van der Waals surface area (Å²) < 4.78 is 2.08. The van der Waals surface area contributed by atoms with Crippen LogP contribution in [0.2, 0.25) is 0 Å². The van der Waals surface area contributed by atoms with Crippen molar-refractivity contribution in [3.05, 3.63) is 70.3 Å². The van der Waals surface area contributed by atoms with Crippen LogP contribution in [0, 0.1) is 0 Å². The molecule has 1 amide bonds. The Morgan fingerprint density at radius 1 is 1.17 bits per heavy atom. The maximum Gasteiger partial charge on any atom is 0.237 e. The molecule has 5 nitrogen and oxygen atoms in total. The van der Waals surface area contributed by atoms with E-state index in [1.807, 2.05) is 30.0 Å². The molecule has 0 saturated carbocycles. The van der Waals surface area contributed by atoms with Crippen LogP contribution in [0.25, 0.3) is 5.69 Å². The summed E-state index contributed by atoms with van der Waals surface area (Å²) in [4.78, 5) is 16.1. The highest BCUT2D eigenvalue weighted by atomic mass is 32.2. The second kappa shape index (κ2) is 10.1. The minimum atomic E-state index is 0.137. The Morgan fingerprint density at radius 3 is 2.73 bits per heavy atom. The molecule has 0 atom stereocenters. The molecule has 0 saturated heterocycles. The molecule has 0 unspecified atom stereocenters. The van der Waals surface area contributed by atoms with Crippen molar-refractivity contribution in [1.82, 2.24) is 19.7 Å². The molecule has 2 aromatic heterocycles. The summed E-state index contributed by atoms with van der Waals surface area (Å²) in [6.45, 7) is 2.75. The highest BCUT2D eigenvalue weighted by molar-refractivity contribution is 7.99. The molecule has 4 rings (SSSR count). The first kappa shape index (κ1) is 20.9. The molecule has 0 bridgehead atoms. The van der Waals surface area contributed by atoms with E-state index in [1.165, 1.54) is 28.8 Å². The van der Waals surface area contributed by atoms with Crippen LogP contribution >= 0.6 is 23.1 Å². The van der Waals surface area contributed by atoms with E-state index in [0.29, 0.717) is 12.3 Å². The minimum Gasteiger partial charge on any atom is -0.316 e. The van der Waals surface area contributed by atoms with Gasteiger partial charge in [0.25, 0.3) is 0 Å². The Bertz CT molecular complexity index is 996. The van der Waals surface area contributed by atoms with Crippen LogP contribution in [-0.4, -0.2) is 37.9 Å². The van der Waals surface area contributed by atoms with Crippen molar-refractivity contribution in [2.24, 2.45) is 0 Å². The van der Waals surface area contributed by atoms with Gasteiger partial charge in [-0.05, 0) is 56.2 Å². The summed E-state index contributed by atoms with van der Waals surface area (Å²) in [6.07, 6.45) is 7.40. The molecular formula is C23H26N4OS2. The van der Waals surface area contributed by atoms with Crippen LogP contribution < -0.4 is 0 Å². The number of para-hydroxylation sites is 1. The first-order valence-corrected chi connectivity index (χ1v) is 12.3. The van der Waals surface area contributed by atoms with Crippen molar-refractivity contribution in [1.29, 1.82) is 0 Å². The lowest BCUT2D eigenvalue weighted by Gasteiger charge is -2.26. The summed E-state index contributed by atoms with van der Waals surface area (Å²) in [5, 5.41) is 11.7. The van der Waals surface area contributed by atoms with Crippen molar-refractivity contribution in [2.75, 3.05) is 12.3 Å². The predicted molar refractivity (Wildman–Crippen MR) is 123 cm³/mol. The topological polar surface area (TPSA) is 51.0 Å². The van der Waals surface area contributed by atoms with Crippen molar-refractivity contribution >= 4 is 29.0 Å². The highest BCUT2D eigenvalue weighted by Crippen LogP contribution is 2.26. The molecule has 3 aromatic rings. The van der Waals surface area contributed by atoms with E-state index < -0.39 is 0 Å². The fourth-order valence-electron chi connectivity index (χ4n) is 3.72. The van der Waals surface area contributed by atoms with Gasteiger partial charge in [0, 0.05) is 29.2 Å². The van der Waals surface area contributed by atoms with Crippen molar-refractivity contribution in [3.8, 4) is 5.69 Å². The molecule has 0 fully saturated rings. The van der Waals surface area contributed by atoms with Crippen LogP contribution in [0.5, 0.6) is 0 Å². The lowest BCUT2D eigenvalue weighted by molar-refractivity contribution is -0.126. The van der Waals surface area contributed by atoms with Crippen LogP contribution in [0.4, 0.5) is 0 Å². The van der Waals surface area contributed by atoms with E-state index in [9.17, 15) is 4.79 Å². The highest BCUT2D eigenvalue weighted by Gasteiger charge is 2.21. The fourth-order valence-corrected chi connectivity index (χ4v) is 5.27. The van der Waals surface area contributed by atoms with E-state index in [0.717, 1.165) is 42.4 Å². The molecule has 1 aliphatic carbocycles. The molecule has 30 heavy (non-hydrogen) atoms. The van der Waals surface area contributed by atoms with Crippen LogP contribution in [0.1, 0.15) is 43.3 Å². The minimum absolute atomic E-state index is 0.137. The third kappa shape index (κ3) is 4.84. The molecule has 156 valence electrons. The number of thiophene rings is 1. The number of allylic oxidation sites excluding steroid dienone is 2. The van der Waals surface area contributed by atoms with Gasteiger partial charge < -0.3 is 4.90 Å². The monoisotopic (exact) mass is 438 g/mol. The Kier molecular flexibility index (Phi) is 7.02. The lowest BCUT2D eigenvalue weighted by atomic mass is 10.0. The molecule has 0 N–H and O–H groups in total. The molecule has 0 spiro atoms. The lowest BCUT2D eigenvalue weighted by Crippen LogP contribution is -2.32. The Hall–Kier alpha value is -2.38.